The van der Waals surface area contributed by atoms with Crippen molar-refractivity contribution in [2.24, 2.45) is 0 Å². The molecule has 0 unspecified atom stereocenters. The third-order valence-corrected chi connectivity index (χ3v) is 4.38. The summed E-state index contributed by atoms with van der Waals surface area (Å²) in [5.41, 5.74) is 4.05. The molecule has 0 aromatic heterocycles. The molecule has 1 nitrogen and oxygen atoms in total. The number of ether oxygens (including phenoxy) is 1. The van der Waals surface area contributed by atoms with E-state index in [0.29, 0.717) is 0 Å². The molecule has 108 valence electrons. The van der Waals surface area contributed by atoms with Crippen molar-refractivity contribution in [2.75, 3.05) is 6.61 Å². The van der Waals surface area contributed by atoms with Gasteiger partial charge in [0.15, 0.2) is 0 Å². The van der Waals surface area contributed by atoms with E-state index in [1.807, 2.05) is 0 Å². The number of allylic oxidation sites excluding steroid dienone is 1. The smallest absolute Gasteiger partial charge is 0.123 e. The van der Waals surface area contributed by atoms with Gasteiger partial charge in [0, 0.05) is 11.0 Å². The van der Waals surface area contributed by atoms with Gasteiger partial charge in [-0.2, -0.15) is 0 Å². The van der Waals surface area contributed by atoms with Gasteiger partial charge >= 0.3 is 0 Å². The van der Waals surface area contributed by atoms with E-state index in [2.05, 4.69) is 68.1 Å². The molecule has 0 saturated carbocycles. The zero-order valence-corrected chi connectivity index (χ0v) is 12.6. The van der Waals surface area contributed by atoms with Crippen LogP contribution in [0, 0.1) is 0 Å². The van der Waals surface area contributed by atoms with Crippen molar-refractivity contribution in [3.05, 3.63) is 77.9 Å². The van der Waals surface area contributed by atoms with Crippen LogP contribution < -0.4 is 4.74 Å². The summed E-state index contributed by atoms with van der Waals surface area (Å²) in [4.78, 5) is 0. The molecule has 1 aliphatic heterocycles. The first-order valence-corrected chi connectivity index (χ1v) is 7.60. The van der Waals surface area contributed by atoms with Crippen LogP contribution in [0.5, 0.6) is 5.75 Å². The highest BCUT2D eigenvalue weighted by atomic mass is 16.5. The molecule has 1 heteroatoms. The first kappa shape index (κ1) is 13.9. The molecule has 1 atom stereocenters. The molecule has 0 bridgehead atoms. The zero-order chi connectivity index (χ0) is 14.7. The summed E-state index contributed by atoms with van der Waals surface area (Å²) in [6.45, 7) is 6.95. The van der Waals surface area contributed by atoms with E-state index < -0.39 is 0 Å². The second-order valence-corrected chi connectivity index (χ2v) is 6.18. The molecular formula is C20H22O. The number of hydrogen-bond donors (Lipinski definition) is 0. The lowest BCUT2D eigenvalue weighted by Crippen LogP contribution is -2.31. The van der Waals surface area contributed by atoms with Gasteiger partial charge in [0.2, 0.25) is 0 Å². The van der Waals surface area contributed by atoms with Gasteiger partial charge < -0.3 is 4.74 Å². The summed E-state index contributed by atoms with van der Waals surface area (Å²) in [7, 11) is 0. The Kier molecular flexibility index (Phi) is 3.83. The Labute approximate surface area is 127 Å². The minimum atomic E-state index is 0.0803. The molecule has 0 spiro atoms. The van der Waals surface area contributed by atoms with E-state index in [1.54, 1.807) is 0 Å². The third-order valence-electron chi connectivity index (χ3n) is 4.38. The molecule has 1 aliphatic rings. The predicted octanol–water partition coefficient (Wildman–Crippen LogP) is 4.92. The first-order chi connectivity index (χ1) is 10.2. The van der Waals surface area contributed by atoms with Crippen LogP contribution in [0.1, 0.15) is 30.9 Å². The summed E-state index contributed by atoms with van der Waals surface area (Å²) >= 11 is 0. The monoisotopic (exact) mass is 278 g/mol. The van der Waals surface area contributed by atoms with Crippen LogP contribution in [-0.4, -0.2) is 6.61 Å². The number of rotatable bonds is 5. The molecule has 0 saturated heterocycles. The fourth-order valence-electron chi connectivity index (χ4n) is 3.21. The van der Waals surface area contributed by atoms with Crippen molar-refractivity contribution in [3.8, 4) is 5.75 Å². The van der Waals surface area contributed by atoms with Crippen molar-refractivity contribution >= 4 is 0 Å². The topological polar surface area (TPSA) is 9.23 Å². The Morgan fingerprint density at radius 2 is 1.81 bits per heavy atom. The van der Waals surface area contributed by atoms with Crippen LogP contribution in [-0.2, 0) is 11.8 Å². The second kappa shape index (κ2) is 5.77. The molecule has 0 N–H and O–H groups in total. The number of benzene rings is 2. The van der Waals surface area contributed by atoms with Gasteiger partial charge in [0.05, 0.1) is 6.61 Å². The molecule has 0 radical (unpaired) electrons. The molecule has 3 rings (SSSR count). The van der Waals surface area contributed by atoms with E-state index in [1.165, 1.54) is 16.7 Å². The van der Waals surface area contributed by atoms with Crippen molar-refractivity contribution in [1.29, 1.82) is 0 Å². The van der Waals surface area contributed by atoms with Gasteiger partial charge in [-0.1, -0.05) is 54.1 Å². The zero-order valence-electron chi connectivity index (χ0n) is 12.6. The summed E-state index contributed by atoms with van der Waals surface area (Å²) < 4.78 is 5.99. The third kappa shape index (κ3) is 2.87. The summed E-state index contributed by atoms with van der Waals surface area (Å²) in [5, 5.41) is 0. The number of fused-ring (bicyclic) bond motifs is 1. The first-order valence-electron chi connectivity index (χ1n) is 7.60. The highest BCUT2D eigenvalue weighted by Crippen LogP contribution is 2.44. The van der Waals surface area contributed by atoms with E-state index in [-0.39, 0.29) is 5.41 Å². The Morgan fingerprint density at radius 1 is 1.10 bits per heavy atom. The lowest BCUT2D eigenvalue weighted by Gasteiger charge is -2.28. The largest absolute Gasteiger partial charge is 0.492 e. The fourth-order valence-corrected chi connectivity index (χ4v) is 3.21. The van der Waals surface area contributed by atoms with Crippen LogP contribution in [0.15, 0.2) is 66.7 Å². The van der Waals surface area contributed by atoms with Gasteiger partial charge in [-0.3, -0.25) is 0 Å². The minimum absolute atomic E-state index is 0.0803. The van der Waals surface area contributed by atoms with Gasteiger partial charge in [0.1, 0.15) is 5.75 Å². The molecular weight excluding hydrogens is 256 g/mol. The Bertz CT molecular complexity index is 629. The van der Waals surface area contributed by atoms with Gasteiger partial charge in [-0.05, 0) is 37.8 Å². The minimum Gasteiger partial charge on any atom is -0.492 e. The lowest BCUT2D eigenvalue weighted by atomic mass is 9.73. The van der Waals surface area contributed by atoms with Crippen molar-refractivity contribution in [3.63, 3.8) is 0 Å². The molecule has 2 aromatic carbocycles. The van der Waals surface area contributed by atoms with Gasteiger partial charge in [-0.15, -0.1) is 6.58 Å². The standard InChI is InChI=1S/C20H22O/c1-16(2)12-13-20(14-17-8-4-3-5-9-17)15-21-19-11-7-6-10-18(19)20/h3-11H,1,12-15H2,2H3/t20-/m1/s1. The van der Waals surface area contributed by atoms with Crippen molar-refractivity contribution in [1.82, 2.24) is 0 Å². The van der Waals surface area contributed by atoms with E-state index in [0.717, 1.165) is 31.6 Å². The van der Waals surface area contributed by atoms with Crippen molar-refractivity contribution < 1.29 is 4.74 Å². The van der Waals surface area contributed by atoms with Crippen LogP contribution >= 0.6 is 0 Å². The highest BCUT2D eigenvalue weighted by molar-refractivity contribution is 5.45. The van der Waals surface area contributed by atoms with Crippen molar-refractivity contribution in [2.45, 2.75) is 31.6 Å². The quantitative estimate of drug-likeness (QED) is 0.706. The predicted molar refractivity (Wildman–Crippen MR) is 87.8 cm³/mol. The molecule has 2 aromatic rings. The normalized spacial score (nSPS) is 19.9. The fraction of sp³-hybridized carbons (Fsp3) is 0.300. The summed E-state index contributed by atoms with van der Waals surface area (Å²) in [6, 6.07) is 19.2. The molecule has 0 amide bonds. The summed E-state index contributed by atoms with van der Waals surface area (Å²) in [6.07, 6.45) is 3.16. The maximum Gasteiger partial charge on any atom is 0.123 e. The molecule has 1 heterocycles. The SMILES string of the molecule is C=C(C)CC[C@@]1(Cc2ccccc2)COc2ccccc21. The maximum absolute atomic E-state index is 5.99. The Morgan fingerprint density at radius 3 is 2.57 bits per heavy atom. The highest BCUT2D eigenvalue weighted by Gasteiger charge is 2.40. The van der Waals surface area contributed by atoms with Crippen LogP contribution in [0.4, 0.5) is 0 Å². The average molecular weight is 278 g/mol. The van der Waals surface area contributed by atoms with Crippen LogP contribution in [0.2, 0.25) is 0 Å². The molecule has 21 heavy (non-hydrogen) atoms. The van der Waals surface area contributed by atoms with E-state index >= 15 is 0 Å². The number of hydrogen-bond acceptors (Lipinski definition) is 1. The summed E-state index contributed by atoms with van der Waals surface area (Å²) in [5.74, 6) is 1.05. The maximum atomic E-state index is 5.99. The van der Waals surface area contributed by atoms with E-state index in [4.69, 9.17) is 4.74 Å². The molecule has 0 aliphatic carbocycles. The van der Waals surface area contributed by atoms with Gasteiger partial charge in [0.25, 0.3) is 0 Å². The van der Waals surface area contributed by atoms with Crippen LogP contribution in [0.25, 0.3) is 0 Å². The number of para-hydroxylation sites is 1. The Hall–Kier alpha value is -2.02. The average Bonchev–Trinajstić information content (AvgIpc) is 2.86. The van der Waals surface area contributed by atoms with E-state index in [9.17, 15) is 0 Å². The molecule has 0 fully saturated rings. The van der Waals surface area contributed by atoms with Gasteiger partial charge in [-0.25, -0.2) is 0 Å². The lowest BCUT2D eigenvalue weighted by molar-refractivity contribution is 0.251. The second-order valence-electron chi connectivity index (χ2n) is 6.18. The Balaban J connectivity index is 1.95. The van der Waals surface area contributed by atoms with Crippen LogP contribution in [0.3, 0.4) is 0 Å².